The number of nitrogens with zero attached hydrogens (tertiary/aromatic N) is 1. The summed E-state index contributed by atoms with van der Waals surface area (Å²) in [5.74, 6) is -1.16. The highest BCUT2D eigenvalue weighted by Crippen LogP contribution is 2.48. The van der Waals surface area contributed by atoms with Crippen molar-refractivity contribution in [3.05, 3.63) is 35.2 Å². The van der Waals surface area contributed by atoms with Crippen LogP contribution in [0.3, 0.4) is 0 Å². The molecule has 0 radical (unpaired) electrons. The van der Waals surface area contributed by atoms with Crippen LogP contribution in [0.1, 0.15) is 37.2 Å². The maximum Gasteiger partial charge on any atom is 0.314 e. The van der Waals surface area contributed by atoms with Crippen molar-refractivity contribution in [2.75, 3.05) is 0 Å². The van der Waals surface area contributed by atoms with Crippen molar-refractivity contribution in [1.82, 2.24) is 4.57 Å². The maximum absolute atomic E-state index is 12.8. The van der Waals surface area contributed by atoms with E-state index in [0.29, 0.717) is 5.57 Å². The van der Waals surface area contributed by atoms with E-state index in [9.17, 15) is 18.7 Å². The number of carboxylic acids is 1. The van der Waals surface area contributed by atoms with Crippen LogP contribution in [0.5, 0.6) is 0 Å². The number of alkyl halides is 2. The molecule has 0 bridgehead atoms. The molecule has 1 aliphatic carbocycles. The minimum absolute atomic E-state index is 0.167. The summed E-state index contributed by atoms with van der Waals surface area (Å²) < 4.78 is 27.6. The third-order valence-corrected chi connectivity index (χ3v) is 4.32. The number of aromatic nitrogens is 1. The van der Waals surface area contributed by atoms with Crippen LogP contribution in [-0.4, -0.2) is 22.1 Å². The van der Waals surface area contributed by atoms with Crippen molar-refractivity contribution in [1.29, 1.82) is 0 Å². The maximum atomic E-state index is 12.8. The molecule has 0 amide bonds. The third-order valence-electron chi connectivity index (χ3n) is 4.32. The molecule has 1 aliphatic rings. The molecule has 1 aromatic heterocycles. The van der Waals surface area contributed by atoms with Gasteiger partial charge in [0.2, 0.25) is 6.43 Å². The van der Waals surface area contributed by atoms with Crippen LogP contribution in [0.25, 0.3) is 0 Å². The van der Waals surface area contributed by atoms with E-state index in [1.165, 1.54) is 0 Å². The van der Waals surface area contributed by atoms with Gasteiger partial charge >= 0.3 is 5.97 Å². The van der Waals surface area contributed by atoms with E-state index in [1.54, 1.807) is 6.92 Å². The van der Waals surface area contributed by atoms with Gasteiger partial charge in [-0.3, -0.25) is 4.79 Å². The Morgan fingerprint density at radius 1 is 1.40 bits per heavy atom. The molecule has 0 unspecified atom stereocenters. The van der Waals surface area contributed by atoms with Crippen LogP contribution in [-0.2, 0) is 4.79 Å². The number of hydrogen-bond acceptors (Lipinski definition) is 1. The molecule has 0 saturated heterocycles. The van der Waals surface area contributed by atoms with Crippen molar-refractivity contribution in [3.8, 4) is 0 Å². The molecule has 2 atom stereocenters. The average molecular weight is 283 g/mol. The summed E-state index contributed by atoms with van der Waals surface area (Å²) >= 11 is 0. The summed E-state index contributed by atoms with van der Waals surface area (Å²) in [4.78, 5) is 11.6. The van der Waals surface area contributed by atoms with Gasteiger partial charge in [-0.1, -0.05) is 11.6 Å². The number of carbonyl (C=O) groups is 1. The van der Waals surface area contributed by atoms with E-state index < -0.39 is 24.2 Å². The number of carboxylic acid groups (broad SMARTS) is 1. The minimum atomic E-state index is -2.62. The minimum Gasteiger partial charge on any atom is -0.481 e. The zero-order chi connectivity index (χ0) is 15.1. The molecule has 20 heavy (non-hydrogen) atoms. The van der Waals surface area contributed by atoms with E-state index in [4.69, 9.17) is 0 Å². The summed E-state index contributed by atoms with van der Waals surface area (Å²) in [7, 11) is 0. The fraction of sp³-hybridized carbons (Fsp3) is 0.533. The average Bonchev–Trinajstić information content (AvgIpc) is 2.81. The molecule has 5 heteroatoms. The van der Waals surface area contributed by atoms with Gasteiger partial charge in [-0.05, 0) is 39.3 Å². The number of rotatable bonds is 4. The Labute approximate surface area is 116 Å². The number of hydrogen-bond donors (Lipinski definition) is 1. The fourth-order valence-electron chi connectivity index (χ4n) is 3.24. The van der Waals surface area contributed by atoms with Crippen molar-refractivity contribution >= 4 is 5.97 Å². The Bertz CT molecular complexity index is 543. The third kappa shape index (κ3) is 2.25. The van der Waals surface area contributed by atoms with Crippen LogP contribution < -0.4 is 0 Å². The lowest BCUT2D eigenvalue weighted by Gasteiger charge is -2.27. The number of aryl methyl sites for hydroxylation is 2. The van der Waals surface area contributed by atoms with Gasteiger partial charge in [0.1, 0.15) is 0 Å². The van der Waals surface area contributed by atoms with Gasteiger partial charge in [0, 0.05) is 17.8 Å². The lowest BCUT2D eigenvalue weighted by molar-refractivity contribution is -0.149. The van der Waals surface area contributed by atoms with E-state index in [1.807, 2.05) is 36.6 Å². The van der Waals surface area contributed by atoms with E-state index >= 15 is 0 Å². The van der Waals surface area contributed by atoms with Crippen molar-refractivity contribution in [3.63, 3.8) is 0 Å². The topological polar surface area (TPSA) is 42.2 Å². The quantitative estimate of drug-likeness (QED) is 0.856. The second kappa shape index (κ2) is 5.04. The summed E-state index contributed by atoms with van der Waals surface area (Å²) in [5, 5.41) is 9.45. The van der Waals surface area contributed by atoms with Gasteiger partial charge in [0.05, 0.1) is 11.5 Å². The Hall–Kier alpha value is -1.65. The van der Waals surface area contributed by atoms with Crippen LogP contribution in [0, 0.1) is 19.3 Å². The summed E-state index contributed by atoms with van der Waals surface area (Å²) in [6.07, 6.45) is -1.24. The highest BCUT2D eigenvalue weighted by Gasteiger charge is 2.48. The molecule has 110 valence electrons. The predicted molar refractivity (Wildman–Crippen MR) is 72.0 cm³/mol. The molecule has 0 aliphatic heterocycles. The lowest BCUT2D eigenvalue weighted by atomic mass is 9.78. The monoisotopic (exact) mass is 283 g/mol. The first-order valence-corrected chi connectivity index (χ1v) is 6.63. The number of halogens is 2. The Morgan fingerprint density at radius 3 is 2.40 bits per heavy atom. The smallest absolute Gasteiger partial charge is 0.314 e. The summed E-state index contributed by atoms with van der Waals surface area (Å²) in [6.45, 7) is 5.51. The van der Waals surface area contributed by atoms with Gasteiger partial charge < -0.3 is 9.67 Å². The van der Waals surface area contributed by atoms with Crippen LogP contribution in [0.2, 0.25) is 0 Å². The van der Waals surface area contributed by atoms with Crippen LogP contribution >= 0.6 is 0 Å². The summed E-state index contributed by atoms with van der Waals surface area (Å²) in [6, 6.07) is 3.73. The SMILES string of the molecule is CC1=C[C@@H](n2c(C)ccc2C)C[C@@]1(CC(F)F)C(=O)O. The first kappa shape index (κ1) is 14.8. The molecule has 0 saturated carbocycles. The first-order valence-electron chi connectivity index (χ1n) is 6.63. The van der Waals surface area contributed by atoms with E-state index in [-0.39, 0.29) is 12.5 Å². The first-order chi connectivity index (χ1) is 9.28. The van der Waals surface area contributed by atoms with Crippen molar-refractivity contribution in [2.24, 2.45) is 5.41 Å². The van der Waals surface area contributed by atoms with Crippen molar-refractivity contribution < 1.29 is 18.7 Å². The fourth-order valence-corrected chi connectivity index (χ4v) is 3.24. The highest BCUT2D eigenvalue weighted by molar-refractivity contribution is 5.79. The molecule has 0 aromatic carbocycles. The molecule has 1 heterocycles. The Morgan fingerprint density at radius 2 is 1.95 bits per heavy atom. The van der Waals surface area contributed by atoms with Crippen LogP contribution in [0.4, 0.5) is 8.78 Å². The zero-order valence-corrected chi connectivity index (χ0v) is 11.9. The predicted octanol–water partition coefficient (Wildman–Crippen LogP) is 3.72. The van der Waals surface area contributed by atoms with Gasteiger partial charge in [-0.15, -0.1) is 0 Å². The molecule has 0 fully saturated rings. The Balaban J connectivity index is 2.39. The normalized spacial score (nSPS) is 26.1. The molecule has 3 nitrogen and oxygen atoms in total. The van der Waals surface area contributed by atoms with Crippen molar-refractivity contribution in [2.45, 2.75) is 46.1 Å². The van der Waals surface area contributed by atoms with Gasteiger partial charge in [-0.25, -0.2) is 8.78 Å². The molecule has 0 spiro atoms. The largest absolute Gasteiger partial charge is 0.481 e. The second-order valence-electron chi connectivity index (χ2n) is 5.59. The molecular weight excluding hydrogens is 264 g/mol. The Kier molecular flexibility index (Phi) is 3.71. The molecular formula is C15H19F2NO2. The highest BCUT2D eigenvalue weighted by atomic mass is 19.3. The lowest BCUT2D eigenvalue weighted by Crippen LogP contribution is -2.33. The second-order valence-corrected chi connectivity index (χ2v) is 5.59. The van der Waals surface area contributed by atoms with Gasteiger partial charge in [0.25, 0.3) is 0 Å². The van der Waals surface area contributed by atoms with Crippen LogP contribution in [0.15, 0.2) is 23.8 Å². The molecule has 2 rings (SSSR count). The van der Waals surface area contributed by atoms with Gasteiger partial charge in [-0.2, -0.15) is 0 Å². The van der Waals surface area contributed by atoms with E-state index in [0.717, 1.165) is 11.4 Å². The molecule has 1 aromatic rings. The number of allylic oxidation sites excluding steroid dienone is 1. The van der Waals surface area contributed by atoms with E-state index in [2.05, 4.69) is 0 Å². The zero-order valence-electron chi connectivity index (χ0n) is 11.9. The van der Waals surface area contributed by atoms with Gasteiger partial charge in [0.15, 0.2) is 0 Å². The standard InChI is InChI=1S/C15H19F2NO2/c1-9-6-12(18-10(2)4-5-11(18)3)7-15(9,14(19)20)8-13(16)17/h4-6,12-13H,7-8H2,1-3H3,(H,19,20)/t12-,15+/m1/s1. The number of aliphatic carboxylic acids is 1. The molecule has 1 N–H and O–H groups in total. The summed E-state index contributed by atoms with van der Waals surface area (Å²) in [5.41, 5.74) is 1.11.